The Morgan fingerprint density at radius 2 is 2.14 bits per heavy atom. The van der Waals surface area contributed by atoms with Gasteiger partial charge < -0.3 is 14.4 Å². The van der Waals surface area contributed by atoms with Crippen molar-refractivity contribution in [3.63, 3.8) is 0 Å². The minimum absolute atomic E-state index is 0.00659. The van der Waals surface area contributed by atoms with Crippen LogP contribution in [0.25, 0.3) is 0 Å². The first-order chi connectivity index (χ1) is 10.6. The summed E-state index contributed by atoms with van der Waals surface area (Å²) in [5.41, 5.74) is 2.19. The molecule has 0 spiro atoms. The molecule has 1 aliphatic rings. The molecule has 0 amide bonds. The summed E-state index contributed by atoms with van der Waals surface area (Å²) in [6, 6.07) is 4.03. The van der Waals surface area contributed by atoms with Gasteiger partial charge in [0.2, 0.25) is 0 Å². The summed E-state index contributed by atoms with van der Waals surface area (Å²) in [6.45, 7) is 4.85. The van der Waals surface area contributed by atoms with E-state index in [-0.39, 0.29) is 18.3 Å². The lowest BCUT2D eigenvalue weighted by Crippen LogP contribution is -2.39. The van der Waals surface area contributed by atoms with E-state index in [1.54, 1.807) is 18.5 Å². The van der Waals surface area contributed by atoms with Gasteiger partial charge in [0.25, 0.3) is 0 Å². The first-order valence-corrected chi connectivity index (χ1v) is 7.38. The van der Waals surface area contributed by atoms with Crippen molar-refractivity contribution in [2.75, 3.05) is 13.7 Å². The fraction of sp³-hybridized carbons (Fsp3) is 0.412. The number of ether oxygens (including phenoxy) is 2. The molecule has 0 radical (unpaired) electrons. The second kappa shape index (κ2) is 7.75. The number of aromatic nitrogens is 1. The van der Waals surface area contributed by atoms with E-state index < -0.39 is 0 Å². The zero-order chi connectivity index (χ0) is 15.9. The second-order valence-corrected chi connectivity index (χ2v) is 5.21. The number of methoxy groups -OCH3 is 1. The molecule has 0 aliphatic carbocycles. The predicted octanol–water partition coefficient (Wildman–Crippen LogP) is 2.30. The minimum atomic E-state index is -0.366. The topological polar surface area (TPSA) is 51.7 Å². The lowest BCUT2D eigenvalue weighted by Gasteiger charge is -2.36. The van der Waals surface area contributed by atoms with Crippen LogP contribution < -0.4 is 0 Å². The van der Waals surface area contributed by atoms with E-state index >= 15 is 0 Å². The van der Waals surface area contributed by atoms with Crippen molar-refractivity contribution in [2.45, 2.75) is 32.6 Å². The van der Waals surface area contributed by atoms with Crippen LogP contribution in [0.5, 0.6) is 0 Å². The zero-order valence-corrected chi connectivity index (χ0v) is 13.2. The van der Waals surface area contributed by atoms with Crippen LogP contribution in [0.1, 0.15) is 19.4 Å². The first-order valence-electron chi connectivity index (χ1n) is 7.38. The van der Waals surface area contributed by atoms with E-state index in [1.807, 2.05) is 26.0 Å². The normalized spacial score (nSPS) is 21.8. The Balaban J connectivity index is 2.04. The van der Waals surface area contributed by atoms with Gasteiger partial charge in [0, 0.05) is 31.2 Å². The van der Waals surface area contributed by atoms with Crippen LogP contribution in [0.4, 0.5) is 0 Å². The molecule has 1 aromatic heterocycles. The molecule has 1 aromatic rings. The van der Waals surface area contributed by atoms with Crippen LogP contribution in [0.15, 0.2) is 48.5 Å². The predicted molar refractivity (Wildman–Crippen MR) is 83.9 cm³/mol. The molecule has 5 nitrogen and oxygen atoms in total. The SMILES string of the molecule is COC(=O)/C=C/C1=CN(CCc2ccncc2)[C@H](C)O[C@H]1C. The molecular formula is C17H22N2O3. The van der Waals surface area contributed by atoms with E-state index in [4.69, 9.17) is 4.74 Å². The quantitative estimate of drug-likeness (QED) is 0.617. The van der Waals surface area contributed by atoms with Crippen molar-refractivity contribution in [3.05, 3.63) is 54.0 Å². The molecule has 2 heterocycles. The summed E-state index contributed by atoms with van der Waals surface area (Å²) < 4.78 is 10.5. The Morgan fingerprint density at radius 1 is 1.41 bits per heavy atom. The maximum Gasteiger partial charge on any atom is 0.330 e. The van der Waals surface area contributed by atoms with E-state index in [9.17, 15) is 4.79 Å². The van der Waals surface area contributed by atoms with Crippen molar-refractivity contribution < 1.29 is 14.3 Å². The second-order valence-electron chi connectivity index (χ2n) is 5.21. The summed E-state index contributed by atoms with van der Waals surface area (Å²) in [5, 5.41) is 0. The Labute approximate surface area is 131 Å². The highest BCUT2D eigenvalue weighted by Gasteiger charge is 2.22. The zero-order valence-electron chi connectivity index (χ0n) is 13.2. The van der Waals surface area contributed by atoms with Crippen LogP contribution in [-0.2, 0) is 20.7 Å². The van der Waals surface area contributed by atoms with Gasteiger partial charge in [0.15, 0.2) is 0 Å². The van der Waals surface area contributed by atoms with E-state index in [0.29, 0.717) is 0 Å². The van der Waals surface area contributed by atoms with Crippen molar-refractivity contribution in [1.29, 1.82) is 0 Å². The molecule has 118 valence electrons. The maximum atomic E-state index is 11.2. The lowest BCUT2D eigenvalue weighted by atomic mass is 10.1. The average Bonchev–Trinajstić information content (AvgIpc) is 2.53. The molecular weight excluding hydrogens is 280 g/mol. The Bertz CT molecular complexity index is 554. The third kappa shape index (κ3) is 4.43. The molecule has 0 fully saturated rings. The summed E-state index contributed by atoms with van der Waals surface area (Å²) in [5.74, 6) is -0.366. The Hall–Kier alpha value is -2.14. The molecule has 0 saturated heterocycles. The van der Waals surface area contributed by atoms with Gasteiger partial charge >= 0.3 is 5.97 Å². The smallest absolute Gasteiger partial charge is 0.330 e. The van der Waals surface area contributed by atoms with Gasteiger partial charge in [0.1, 0.15) is 6.23 Å². The fourth-order valence-corrected chi connectivity index (χ4v) is 2.32. The Morgan fingerprint density at radius 3 is 2.82 bits per heavy atom. The van der Waals surface area contributed by atoms with Crippen LogP contribution in [0.2, 0.25) is 0 Å². The third-order valence-corrected chi connectivity index (χ3v) is 3.67. The van der Waals surface area contributed by atoms with Crippen molar-refractivity contribution >= 4 is 5.97 Å². The highest BCUT2D eigenvalue weighted by Crippen LogP contribution is 2.21. The first kappa shape index (κ1) is 16.2. The highest BCUT2D eigenvalue weighted by molar-refractivity contribution is 5.82. The van der Waals surface area contributed by atoms with Crippen molar-refractivity contribution in [2.24, 2.45) is 0 Å². The van der Waals surface area contributed by atoms with E-state index in [0.717, 1.165) is 18.5 Å². The standard InChI is InChI=1S/C17H22N2O3/c1-13-16(4-5-17(20)21-3)12-19(14(2)22-13)11-8-15-6-9-18-10-7-15/h4-7,9-10,12-14H,8,11H2,1-3H3/b5-4+/t13-,14-/m0/s1. The summed E-state index contributed by atoms with van der Waals surface area (Å²) in [6.07, 6.45) is 9.70. The number of hydrogen-bond donors (Lipinski definition) is 0. The Kier molecular flexibility index (Phi) is 5.72. The van der Waals surface area contributed by atoms with Crippen LogP contribution >= 0.6 is 0 Å². The molecule has 0 unspecified atom stereocenters. The summed E-state index contributed by atoms with van der Waals surface area (Å²) >= 11 is 0. The number of carbonyl (C=O) groups excluding carboxylic acids is 1. The monoisotopic (exact) mass is 302 g/mol. The third-order valence-electron chi connectivity index (χ3n) is 3.67. The van der Waals surface area contributed by atoms with E-state index in [1.165, 1.54) is 18.7 Å². The minimum Gasteiger partial charge on any atom is -0.466 e. The van der Waals surface area contributed by atoms with Gasteiger partial charge in [-0.15, -0.1) is 0 Å². The van der Waals surface area contributed by atoms with E-state index in [2.05, 4.69) is 20.8 Å². The average molecular weight is 302 g/mol. The van der Waals surface area contributed by atoms with Crippen molar-refractivity contribution in [3.8, 4) is 0 Å². The summed E-state index contributed by atoms with van der Waals surface area (Å²) in [7, 11) is 1.37. The molecule has 2 rings (SSSR count). The number of rotatable bonds is 5. The summed E-state index contributed by atoms with van der Waals surface area (Å²) in [4.78, 5) is 17.4. The van der Waals surface area contributed by atoms with Gasteiger partial charge in [-0.1, -0.05) is 0 Å². The molecule has 0 N–H and O–H groups in total. The number of pyridine rings is 1. The lowest BCUT2D eigenvalue weighted by molar-refractivity contribution is -0.134. The number of hydrogen-bond acceptors (Lipinski definition) is 5. The van der Waals surface area contributed by atoms with Crippen molar-refractivity contribution in [1.82, 2.24) is 9.88 Å². The fourth-order valence-electron chi connectivity index (χ4n) is 2.32. The van der Waals surface area contributed by atoms with Crippen LogP contribution in [-0.4, -0.2) is 41.8 Å². The van der Waals surface area contributed by atoms with Gasteiger partial charge in [-0.05, 0) is 49.6 Å². The number of carbonyl (C=O) groups is 1. The molecule has 0 saturated carbocycles. The molecule has 22 heavy (non-hydrogen) atoms. The van der Waals surface area contributed by atoms with Gasteiger partial charge in [0.05, 0.1) is 13.2 Å². The maximum absolute atomic E-state index is 11.2. The highest BCUT2D eigenvalue weighted by atomic mass is 16.5. The molecule has 2 atom stereocenters. The van der Waals surface area contributed by atoms with Crippen LogP contribution in [0.3, 0.4) is 0 Å². The number of nitrogens with zero attached hydrogens (tertiary/aromatic N) is 2. The van der Waals surface area contributed by atoms with Gasteiger partial charge in [-0.25, -0.2) is 4.79 Å². The van der Waals surface area contributed by atoms with Gasteiger partial charge in [-0.2, -0.15) is 0 Å². The molecule has 0 aromatic carbocycles. The largest absolute Gasteiger partial charge is 0.466 e. The van der Waals surface area contributed by atoms with Crippen LogP contribution in [0, 0.1) is 0 Å². The molecule has 5 heteroatoms. The number of esters is 1. The van der Waals surface area contributed by atoms with Gasteiger partial charge in [-0.3, -0.25) is 4.98 Å². The molecule has 1 aliphatic heterocycles. The molecule has 0 bridgehead atoms.